The molecule has 0 aromatic rings. The monoisotopic (exact) mass is 134 g/mol. The average molecular weight is 135 g/mol. The van der Waals surface area contributed by atoms with Crippen molar-refractivity contribution in [2.75, 3.05) is 20.1 Å². The summed E-state index contributed by atoms with van der Waals surface area (Å²) >= 11 is 0. The predicted octanol–water partition coefficient (Wildman–Crippen LogP) is 0.772. The maximum atomic E-state index is 4.06. The lowest BCUT2D eigenvalue weighted by Crippen LogP contribution is -2.21. The number of aliphatic imine (C=N–C) groups is 1. The quantitative estimate of drug-likeness (QED) is 0.478. The van der Waals surface area contributed by atoms with Crippen LogP contribution in [-0.4, -0.2) is 31.4 Å². The molecule has 0 radical (unpaired) electrons. The first-order chi connectivity index (χ1) is 3.39. The van der Waals surface area contributed by atoms with Gasteiger partial charge in [-0.2, -0.15) is 0 Å². The highest BCUT2D eigenvalue weighted by Gasteiger charge is 1.94. The van der Waals surface area contributed by atoms with Crippen LogP contribution in [0.5, 0.6) is 0 Å². The Morgan fingerprint density at radius 3 is 2.62 bits per heavy atom. The molecule has 0 atom stereocenters. The van der Waals surface area contributed by atoms with Crippen molar-refractivity contribution in [2.45, 2.75) is 6.42 Å². The van der Waals surface area contributed by atoms with Gasteiger partial charge in [-0.15, -0.1) is 12.4 Å². The van der Waals surface area contributed by atoms with E-state index in [9.17, 15) is 0 Å². The van der Waals surface area contributed by atoms with E-state index in [4.69, 9.17) is 0 Å². The van der Waals surface area contributed by atoms with Gasteiger partial charge in [-0.1, -0.05) is 0 Å². The predicted molar refractivity (Wildman–Crippen MR) is 37.9 cm³/mol. The van der Waals surface area contributed by atoms with Gasteiger partial charge in [0.1, 0.15) is 0 Å². The van der Waals surface area contributed by atoms with E-state index < -0.39 is 0 Å². The molecule has 0 fully saturated rings. The SMILES string of the molecule is CN1C=NCCC1.Cl. The number of nitrogens with zero attached hydrogens (tertiary/aromatic N) is 2. The van der Waals surface area contributed by atoms with Gasteiger partial charge in [0.15, 0.2) is 0 Å². The molecule has 0 aromatic carbocycles. The Morgan fingerprint density at radius 1 is 1.62 bits per heavy atom. The first-order valence-corrected chi connectivity index (χ1v) is 2.60. The first-order valence-electron chi connectivity index (χ1n) is 2.60. The van der Waals surface area contributed by atoms with Gasteiger partial charge in [-0.25, -0.2) is 0 Å². The number of rotatable bonds is 0. The molecule has 3 heteroatoms. The summed E-state index contributed by atoms with van der Waals surface area (Å²) in [5, 5.41) is 0. The van der Waals surface area contributed by atoms with Crippen molar-refractivity contribution in [3.63, 3.8) is 0 Å². The van der Waals surface area contributed by atoms with Crippen molar-refractivity contribution in [3.05, 3.63) is 0 Å². The highest BCUT2D eigenvalue weighted by Crippen LogP contribution is 1.90. The van der Waals surface area contributed by atoms with Crippen molar-refractivity contribution >= 4 is 18.7 Å². The minimum atomic E-state index is 0. The van der Waals surface area contributed by atoms with Gasteiger partial charge in [0.25, 0.3) is 0 Å². The van der Waals surface area contributed by atoms with E-state index >= 15 is 0 Å². The molecule has 0 amide bonds. The van der Waals surface area contributed by atoms with Gasteiger partial charge in [0.05, 0.1) is 6.34 Å². The fraction of sp³-hybridized carbons (Fsp3) is 0.800. The first kappa shape index (κ1) is 7.76. The lowest BCUT2D eigenvalue weighted by molar-refractivity contribution is 0.482. The van der Waals surface area contributed by atoms with E-state index in [2.05, 4.69) is 9.89 Å². The van der Waals surface area contributed by atoms with Crippen LogP contribution in [0.4, 0.5) is 0 Å². The average Bonchev–Trinajstić information content (AvgIpc) is 1.69. The molecule has 48 valence electrons. The molecule has 2 nitrogen and oxygen atoms in total. The van der Waals surface area contributed by atoms with E-state index in [1.165, 1.54) is 13.0 Å². The Morgan fingerprint density at radius 2 is 2.38 bits per heavy atom. The Kier molecular flexibility index (Phi) is 3.61. The van der Waals surface area contributed by atoms with E-state index in [0.717, 1.165) is 6.54 Å². The lowest BCUT2D eigenvalue weighted by Gasteiger charge is -2.15. The van der Waals surface area contributed by atoms with Gasteiger partial charge >= 0.3 is 0 Å². The van der Waals surface area contributed by atoms with Crippen LogP contribution in [0, 0.1) is 0 Å². The summed E-state index contributed by atoms with van der Waals surface area (Å²) < 4.78 is 0. The van der Waals surface area contributed by atoms with Gasteiger partial charge < -0.3 is 4.90 Å². The summed E-state index contributed by atoms with van der Waals surface area (Å²) in [5.41, 5.74) is 0. The van der Waals surface area contributed by atoms with E-state index in [0.29, 0.717) is 0 Å². The maximum absolute atomic E-state index is 4.06. The van der Waals surface area contributed by atoms with Gasteiger partial charge in [0.2, 0.25) is 0 Å². The Bertz CT molecular complexity index is 82.5. The third-order valence-electron chi connectivity index (χ3n) is 1.08. The zero-order valence-corrected chi connectivity index (χ0v) is 5.82. The summed E-state index contributed by atoms with van der Waals surface area (Å²) in [5.74, 6) is 0. The highest BCUT2D eigenvalue weighted by molar-refractivity contribution is 5.85. The minimum Gasteiger partial charge on any atom is -0.366 e. The second kappa shape index (κ2) is 3.72. The number of hydrogen-bond acceptors (Lipinski definition) is 2. The molecule has 1 aliphatic heterocycles. The third kappa shape index (κ3) is 2.17. The molecule has 0 bridgehead atoms. The topological polar surface area (TPSA) is 15.6 Å². The molecule has 0 saturated heterocycles. The van der Waals surface area contributed by atoms with Crippen LogP contribution < -0.4 is 0 Å². The lowest BCUT2D eigenvalue weighted by atomic mass is 10.4. The molecule has 0 unspecified atom stereocenters. The largest absolute Gasteiger partial charge is 0.366 e. The van der Waals surface area contributed by atoms with Crippen LogP contribution in [-0.2, 0) is 0 Å². The fourth-order valence-electron chi connectivity index (χ4n) is 0.666. The maximum Gasteiger partial charge on any atom is 0.0847 e. The Labute approximate surface area is 56.0 Å². The van der Waals surface area contributed by atoms with Gasteiger partial charge in [-0.05, 0) is 6.42 Å². The van der Waals surface area contributed by atoms with Crippen molar-refractivity contribution < 1.29 is 0 Å². The number of halogens is 1. The molecular weight excluding hydrogens is 124 g/mol. The van der Waals surface area contributed by atoms with E-state index in [1.807, 2.05) is 13.4 Å². The van der Waals surface area contributed by atoms with Crippen LogP contribution in [0.1, 0.15) is 6.42 Å². The van der Waals surface area contributed by atoms with Crippen molar-refractivity contribution in [1.82, 2.24) is 4.90 Å². The van der Waals surface area contributed by atoms with E-state index in [1.54, 1.807) is 0 Å². The van der Waals surface area contributed by atoms with Crippen molar-refractivity contribution in [1.29, 1.82) is 0 Å². The summed E-state index contributed by atoms with van der Waals surface area (Å²) in [6, 6.07) is 0. The van der Waals surface area contributed by atoms with Crippen molar-refractivity contribution in [2.24, 2.45) is 4.99 Å². The van der Waals surface area contributed by atoms with Gasteiger partial charge in [-0.3, -0.25) is 4.99 Å². The summed E-state index contributed by atoms with van der Waals surface area (Å²) in [6.07, 6.45) is 3.11. The Balaban J connectivity index is 0.000000490. The molecule has 1 aliphatic rings. The molecule has 0 aromatic heterocycles. The zero-order valence-electron chi connectivity index (χ0n) is 5.00. The molecule has 1 heterocycles. The normalized spacial score (nSPS) is 17.9. The standard InChI is InChI=1S/C5H10N2.ClH/c1-7-4-2-3-6-5-7;/h5H,2-4H2,1H3;1H. The van der Waals surface area contributed by atoms with E-state index in [-0.39, 0.29) is 12.4 Å². The fourth-order valence-corrected chi connectivity index (χ4v) is 0.666. The van der Waals surface area contributed by atoms with Crippen LogP contribution in [0.3, 0.4) is 0 Å². The molecule has 8 heavy (non-hydrogen) atoms. The summed E-state index contributed by atoms with van der Waals surface area (Å²) in [4.78, 5) is 6.16. The second-order valence-corrected chi connectivity index (χ2v) is 1.86. The zero-order chi connectivity index (χ0) is 5.11. The molecule has 0 aliphatic carbocycles. The van der Waals surface area contributed by atoms with Crippen LogP contribution in [0.2, 0.25) is 0 Å². The molecule has 0 saturated carbocycles. The third-order valence-corrected chi connectivity index (χ3v) is 1.08. The molecule has 0 spiro atoms. The van der Waals surface area contributed by atoms with Crippen molar-refractivity contribution in [3.8, 4) is 0 Å². The van der Waals surface area contributed by atoms with Crippen LogP contribution in [0.15, 0.2) is 4.99 Å². The highest BCUT2D eigenvalue weighted by atomic mass is 35.5. The molecule has 0 N–H and O–H groups in total. The second-order valence-electron chi connectivity index (χ2n) is 1.86. The van der Waals surface area contributed by atoms with Gasteiger partial charge in [0, 0.05) is 20.1 Å². The number of hydrogen-bond donors (Lipinski definition) is 0. The molecular formula is C5H11ClN2. The summed E-state index contributed by atoms with van der Waals surface area (Å²) in [6.45, 7) is 2.19. The smallest absolute Gasteiger partial charge is 0.0847 e. The Hall–Kier alpha value is -0.240. The van der Waals surface area contributed by atoms with Crippen LogP contribution >= 0.6 is 12.4 Å². The summed E-state index contributed by atoms with van der Waals surface area (Å²) in [7, 11) is 2.04. The van der Waals surface area contributed by atoms with Crippen LogP contribution in [0.25, 0.3) is 0 Å². The molecule has 1 rings (SSSR count). The minimum absolute atomic E-state index is 0.